The summed E-state index contributed by atoms with van der Waals surface area (Å²) in [5.41, 5.74) is 3.69. The highest BCUT2D eigenvalue weighted by molar-refractivity contribution is 5.82. The molecule has 1 unspecified atom stereocenters. The van der Waals surface area contributed by atoms with E-state index in [4.69, 9.17) is 9.84 Å². The van der Waals surface area contributed by atoms with Crippen LogP contribution >= 0.6 is 0 Å². The minimum atomic E-state index is -0.313. The normalized spacial score (nSPS) is 16.8. The minimum absolute atomic E-state index is 0.0668. The Bertz CT molecular complexity index is 889. The maximum Gasteiger partial charge on any atom is 0.239 e. The molecular formula is C20H21N5O2. The van der Waals surface area contributed by atoms with Crippen molar-refractivity contribution < 1.29 is 9.53 Å². The average molecular weight is 363 g/mol. The fourth-order valence-corrected chi connectivity index (χ4v) is 3.04. The minimum Gasteiger partial charge on any atom is -0.378 e. The van der Waals surface area contributed by atoms with Gasteiger partial charge in [0, 0.05) is 42.8 Å². The largest absolute Gasteiger partial charge is 0.378 e. The SMILES string of the molecule is O=C(NCc1cn(-c2ccccc2)nc1-c1ccncc1)C1COCCN1. The molecule has 7 heteroatoms. The summed E-state index contributed by atoms with van der Waals surface area (Å²) >= 11 is 0. The van der Waals surface area contributed by atoms with E-state index >= 15 is 0 Å². The van der Waals surface area contributed by atoms with E-state index in [-0.39, 0.29) is 11.9 Å². The lowest BCUT2D eigenvalue weighted by molar-refractivity contribution is -0.126. The second-order valence-corrected chi connectivity index (χ2v) is 6.32. The highest BCUT2D eigenvalue weighted by Gasteiger charge is 2.21. The predicted molar refractivity (Wildman–Crippen MR) is 101 cm³/mol. The highest BCUT2D eigenvalue weighted by atomic mass is 16.5. The second kappa shape index (κ2) is 8.11. The molecule has 0 radical (unpaired) electrons. The Morgan fingerprint density at radius 1 is 1.22 bits per heavy atom. The van der Waals surface area contributed by atoms with Gasteiger partial charge in [-0.3, -0.25) is 9.78 Å². The molecule has 1 aliphatic heterocycles. The number of carbonyl (C=O) groups excluding carboxylic acids is 1. The summed E-state index contributed by atoms with van der Waals surface area (Å²) in [5, 5.41) is 10.9. The lowest BCUT2D eigenvalue weighted by Crippen LogP contribution is -2.51. The molecule has 3 aromatic rings. The first-order valence-corrected chi connectivity index (χ1v) is 8.94. The molecule has 1 aliphatic rings. The zero-order valence-corrected chi connectivity index (χ0v) is 14.8. The Hall–Kier alpha value is -3.03. The Labute approximate surface area is 157 Å². The van der Waals surface area contributed by atoms with Crippen LogP contribution in [0.25, 0.3) is 16.9 Å². The van der Waals surface area contributed by atoms with Crippen molar-refractivity contribution in [3.8, 4) is 16.9 Å². The summed E-state index contributed by atoms with van der Waals surface area (Å²) in [4.78, 5) is 16.5. The first-order valence-electron chi connectivity index (χ1n) is 8.94. The van der Waals surface area contributed by atoms with E-state index in [9.17, 15) is 4.79 Å². The number of hydrogen-bond acceptors (Lipinski definition) is 5. The van der Waals surface area contributed by atoms with Crippen LogP contribution in [0, 0.1) is 0 Å². The first kappa shape index (κ1) is 17.4. The van der Waals surface area contributed by atoms with Gasteiger partial charge in [-0.2, -0.15) is 5.10 Å². The summed E-state index contributed by atoms with van der Waals surface area (Å²) < 4.78 is 7.20. The van der Waals surface area contributed by atoms with E-state index in [0.717, 1.165) is 22.5 Å². The van der Waals surface area contributed by atoms with Gasteiger partial charge in [-0.1, -0.05) is 18.2 Å². The predicted octanol–water partition coefficient (Wildman–Crippen LogP) is 1.54. The van der Waals surface area contributed by atoms with Crippen LogP contribution in [0.15, 0.2) is 61.1 Å². The topological polar surface area (TPSA) is 81.1 Å². The van der Waals surface area contributed by atoms with Crippen molar-refractivity contribution in [2.24, 2.45) is 0 Å². The number of nitrogens with zero attached hydrogens (tertiary/aromatic N) is 3. The van der Waals surface area contributed by atoms with Gasteiger partial charge in [0.05, 0.1) is 24.6 Å². The molecule has 0 bridgehead atoms. The molecule has 2 N–H and O–H groups in total. The summed E-state index contributed by atoms with van der Waals surface area (Å²) in [6, 6.07) is 13.4. The molecule has 3 heterocycles. The van der Waals surface area contributed by atoms with Gasteiger partial charge in [-0.25, -0.2) is 4.68 Å². The molecule has 0 spiro atoms. The quantitative estimate of drug-likeness (QED) is 0.719. The molecule has 138 valence electrons. The van der Waals surface area contributed by atoms with E-state index < -0.39 is 0 Å². The molecule has 4 rings (SSSR count). The van der Waals surface area contributed by atoms with Crippen LogP contribution in [0.4, 0.5) is 0 Å². The van der Waals surface area contributed by atoms with E-state index in [0.29, 0.717) is 26.3 Å². The number of benzene rings is 1. The zero-order valence-electron chi connectivity index (χ0n) is 14.8. The van der Waals surface area contributed by atoms with Crippen molar-refractivity contribution in [3.05, 3.63) is 66.6 Å². The second-order valence-electron chi connectivity index (χ2n) is 6.32. The number of amides is 1. The lowest BCUT2D eigenvalue weighted by atomic mass is 10.1. The van der Waals surface area contributed by atoms with Crippen LogP contribution in [-0.4, -0.2) is 46.5 Å². The van der Waals surface area contributed by atoms with Gasteiger partial charge in [-0.05, 0) is 24.3 Å². The molecule has 0 saturated carbocycles. The number of rotatable bonds is 5. The molecule has 1 atom stereocenters. The van der Waals surface area contributed by atoms with Crippen molar-refractivity contribution in [3.63, 3.8) is 0 Å². The van der Waals surface area contributed by atoms with Crippen LogP contribution in [0.2, 0.25) is 0 Å². The molecule has 0 aliphatic carbocycles. The molecule has 1 aromatic carbocycles. The molecule has 7 nitrogen and oxygen atoms in total. The fraction of sp³-hybridized carbons (Fsp3) is 0.250. The van der Waals surface area contributed by atoms with Gasteiger partial charge in [0.2, 0.25) is 5.91 Å². The van der Waals surface area contributed by atoms with Crippen LogP contribution in [0.5, 0.6) is 0 Å². The Kier molecular flexibility index (Phi) is 5.22. The van der Waals surface area contributed by atoms with Crippen LogP contribution in [0.1, 0.15) is 5.56 Å². The van der Waals surface area contributed by atoms with Gasteiger partial charge >= 0.3 is 0 Å². The average Bonchev–Trinajstić information content (AvgIpc) is 3.18. The van der Waals surface area contributed by atoms with Gasteiger partial charge < -0.3 is 15.4 Å². The number of para-hydroxylation sites is 1. The van der Waals surface area contributed by atoms with Crippen molar-refractivity contribution in [2.75, 3.05) is 19.8 Å². The molecule has 27 heavy (non-hydrogen) atoms. The third-order valence-electron chi connectivity index (χ3n) is 4.46. The third kappa shape index (κ3) is 4.05. The number of nitrogens with one attached hydrogen (secondary N) is 2. The zero-order chi connectivity index (χ0) is 18.5. The number of carbonyl (C=O) groups is 1. The van der Waals surface area contributed by atoms with E-state index in [1.165, 1.54) is 0 Å². The molecular weight excluding hydrogens is 342 g/mol. The number of ether oxygens (including phenoxy) is 1. The third-order valence-corrected chi connectivity index (χ3v) is 4.46. The van der Waals surface area contributed by atoms with Gasteiger partial charge in [0.1, 0.15) is 6.04 Å². The lowest BCUT2D eigenvalue weighted by Gasteiger charge is -2.22. The summed E-state index contributed by atoms with van der Waals surface area (Å²) in [6.07, 6.45) is 5.43. The maximum absolute atomic E-state index is 12.4. The Morgan fingerprint density at radius 3 is 2.78 bits per heavy atom. The number of hydrogen-bond donors (Lipinski definition) is 2. The summed E-state index contributed by atoms with van der Waals surface area (Å²) in [5.74, 6) is -0.0668. The van der Waals surface area contributed by atoms with Crippen molar-refractivity contribution in [2.45, 2.75) is 12.6 Å². The monoisotopic (exact) mass is 363 g/mol. The standard InChI is InChI=1S/C20H21N5O2/c26-20(18-14-27-11-10-22-18)23-12-16-13-25(17-4-2-1-3-5-17)24-19(16)15-6-8-21-9-7-15/h1-9,13,18,22H,10-12,14H2,(H,23,26). The van der Waals surface area contributed by atoms with Crippen LogP contribution in [0.3, 0.4) is 0 Å². The first-order chi connectivity index (χ1) is 13.3. The maximum atomic E-state index is 12.4. The van der Waals surface area contributed by atoms with E-state index in [1.807, 2.05) is 53.3 Å². The number of morpholine rings is 1. The van der Waals surface area contributed by atoms with E-state index in [1.54, 1.807) is 12.4 Å². The highest BCUT2D eigenvalue weighted by Crippen LogP contribution is 2.23. The van der Waals surface area contributed by atoms with Crippen molar-refractivity contribution in [1.29, 1.82) is 0 Å². The smallest absolute Gasteiger partial charge is 0.239 e. The summed E-state index contributed by atoms with van der Waals surface area (Å²) in [6.45, 7) is 2.11. The Balaban J connectivity index is 1.58. The van der Waals surface area contributed by atoms with Gasteiger partial charge in [0.25, 0.3) is 0 Å². The molecule has 1 fully saturated rings. The molecule has 2 aromatic heterocycles. The Morgan fingerprint density at radius 2 is 2.04 bits per heavy atom. The molecule has 1 amide bonds. The van der Waals surface area contributed by atoms with Gasteiger partial charge in [-0.15, -0.1) is 0 Å². The van der Waals surface area contributed by atoms with Gasteiger partial charge in [0.15, 0.2) is 0 Å². The van der Waals surface area contributed by atoms with Crippen LogP contribution in [-0.2, 0) is 16.1 Å². The van der Waals surface area contributed by atoms with E-state index in [2.05, 4.69) is 15.6 Å². The molecule has 1 saturated heterocycles. The summed E-state index contributed by atoms with van der Waals surface area (Å²) in [7, 11) is 0. The number of pyridine rings is 1. The number of aromatic nitrogens is 3. The van der Waals surface area contributed by atoms with Crippen LogP contribution < -0.4 is 10.6 Å². The van der Waals surface area contributed by atoms with Crippen molar-refractivity contribution in [1.82, 2.24) is 25.4 Å². The van der Waals surface area contributed by atoms with Crippen molar-refractivity contribution >= 4 is 5.91 Å². The fourth-order valence-electron chi connectivity index (χ4n) is 3.04.